The third-order valence-electron chi connectivity index (χ3n) is 3.73. The molecule has 0 bridgehead atoms. The summed E-state index contributed by atoms with van der Waals surface area (Å²) >= 11 is 6.12. The zero-order valence-corrected chi connectivity index (χ0v) is 11.4. The maximum absolute atomic E-state index is 12.5. The molecule has 0 aliphatic heterocycles. The molecule has 0 radical (unpaired) electrons. The van der Waals surface area contributed by atoms with Gasteiger partial charge in [0.2, 0.25) is 0 Å². The summed E-state index contributed by atoms with van der Waals surface area (Å²) < 4.78 is 0. The second-order valence-corrected chi connectivity index (χ2v) is 5.55. The third-order valence-corrected chi connectivity index (χ3v) is 4.05. The van der Waals surface area contributed by atoms with E-state index >= 15 is 0 Å². The number of Topliss-reactive ketones (excluding diaryl/α,β-unsaturated/α-hetero) is 1. The molecule has 1 saturated carbocycles. The molecule has 1 aromatic rings. The van der Waals surface area contributed by atoms with E-state index in [1.807, 2.05) is 0 Å². The largest absolute Gasteiger partial charge is 0.399 e. The molecule has 1 aromatic carbocycles. The van der Waals surface area contributed by atoms with E-state index in [4.69, 9.17) is 17.3 Å². The monoisotopic (exact) mass is 265 g/mol. The van der Waals surface area contributed by atoms with Crippen molar-refractivity contribution in [3.8, 4) is 0 Å². The van der Waals surface area contributed by atoms with Crippen LogP contribution in [0, 0.1) is 5.92 Å². The van der Waals surface area contributed by atoms with E-state index in [1.54, 1.807) is 18.2 Å². The Morgan fingerprint density at radius 3 is 2.33 bits per heavy atom. The van der Waals surface area contributed by atoms with Crippen molar-refractivity contribution < 1.29 is 4.79 Å². The fourth-order valence-corrected chi connectivity index (χ4v) is 2.95. The number of hydrogen-bond donors (Lipinski definition) is 1. The van der Waals surface area contributed by atoms with Crippen molar-refractivity contribution in [1.29, 1.82) is 0 Å². The Bertz CT molecular complexity index is 423. The molecule has 2 rings (SSSR count). The van der Waals surface area contributed by atoms with Crippen LogP contribution in [-0.4, -0.2) is 5.78 Å². The predicted molar refractivity (Wildman–Crippen MR) is 76.0 cm³/mol. The summed E-state index contributed by atoms with van der Waals surface area (Å²) in [4.78, 5) is 12.5. The van der Waals surface area contributed by atoms with Crippen LogP contribution in [0.25, 0.3) is 0 Å². The van der Waals surface area contributed by atoms with Crippen LogP contribution in [0.3, 0.4) is 0 Å². The molecule has 0 heterocycles. The lowest BCUT2D eigenvalue weighted by Gasteiger charge is -2.19. The molecule has 2 N–H and O–H groups in total. The summed E-state index contributed by atoms with van der Waals surface area (Å²) in [5.74, 6) is 0.341. The average molecular weight is 266 g/mol. The van der Waals surface area contributed by atoms with Crippen molar-refractivity contribution in [3.63, 3.8) is 0 Å². The van der Waals surface area contributed by atoms with Crippen molar-refractivity contribution in [3.05, 3.63) is 28.8 Å². The fraction of sp³-hybridized carbons (Fsp3) is 0.533. The maximum atomic E-state index is 12.5. The molecule has 18 heavy (non-hydrogen) atoms. The van der Waals surface area contributed by atoms with E-state index in [-0.39, 0.29) is 11.7 Å². The minimum Gasteiger partial charge on any atom is -0.399 e. The van der Waals surface area contributed by atoms with Gasteiger partial charge in [0.1, 0.15) is 0 Å². The van der Waals surface area contributed by atoms with E-state index in [0.717, 1.165) is 25.7 Å². The number of nitrogens with two attached hydrogens (primary N) is 1. The highest BCUT2D eigenvalue weighted by atomic mass is 35.5. The quantitative estimate of drug-likeness (QED) is 0.633. The van der Waals surface area contributed by atoms with Gasteiger partial charge in [-0.15, -0.1) is 0 Å². The van der Waals surface area contributed by atoms with Gasteiger partial charge in [-0.1, -0.05) is 43.7 Å². The second-order valence-electron chi connectivity index (χ2n) is 5.15. The highest BCUT2D eigenvalue weighted by molar-refractivity contribution is 6.34. The van der Waals surface area contributed by atoms with Crippen LogP contribution in [0.15, 0.2) is 18.2 Å². The Labute approximate surface area is 114 Å². The van der Waals surface area contributed by atoms with E-state index in [2.05, 4.69) is 0 Å². The second kappa shape index (κ2) is 6.24. The molecule has 0 unspecified atom stereocenters. The summed E-state index contributed by atoms with van der Waals surface area (Å²) in [7, 11) is 0. The van der Waals surface area contributed by atoms with Crippen molar-refractivity contribution >= 4 is 23.1 Å². The van der Waals surface area contributed by atoms with Gasteiger partial charge in [-0.25, -0.2) is 0 Å². The molecule has 0 saturated heterocycles. The first kappa shape index (κ1) is 13.4. The lowest BCUT2D eigenvalue weighted by atomic mass is 9.85. The Hall–Kier alpha value is -1.02. The normalized spacial score (nSPS) is 18.1. The van der Waals surface area contributed by atoms with Crippen LogP contribution in [-0.2, 0) is 0 Å². The fourth-order valence-electron chi connectivity index (χ4n) is 2.67. The Morgan fingerprint density at radius 1 is 1.11 bits per heavy atom. The highest BCUT2D eigenvalue weighted by Crippen LogP contribution is 2.28. The standard InChI is InChI=1S/C15H20ClNO/c16-14-10-12(17)8-9-13(14)15(18)11-6-4-2-1-3-5-7-11/h8-11H,1-7,17H2. The van der Waals surface area contributed by atoms with Crippen molar-refractivity contribution in [2.75, 3.05) is 5.73 Å². The molecule has 2 nitrogen and oxygen atoms in total. The van der Waals surface area contributed by atoms with Gasteiger partial charge in [-0.3, -0.25) is 4.79 Å². The van der Waals surface area contributed by atoms with E-state index in [1.165, 1.54) is 19.3 Å². The molecule has 0 atom stereocenters. The van der Waals surface area contributed by atoms with Gasteiger partial charge in [0.05, 0.1) is 5.02 Å². The molecular weight excluding hydrogens is 246 g/mol. The van der Waals surface area contributed by atoms with Gasteiger partial charge in [0, 0.05) is 17.2 Å². The van der Waals surface area contributed by atoms with E-state index < -0.39 is 0 Å². The highest BCUT2D eigenvalue weighted by Gasteiger charge is 2.22. The minimum atomic E-state index is 0.145. The topological polar surface area (TPSA) is 43.1 Å². The van der Waals surface area contributed by atoms with Gasteiger partial charge in [-0.2, -0.15) is 0 Å². The first-order chi connectivity index (χ1) is 8.68. The van der Waals surface area contributed by atoms with Gasteiger partial charge in [0.15, 0.2) is 5.78 Å². The average Bonchev–Trinajstić information content (AvgIpc) is 2.27. The van der Waals surface area contributed by atoms with Crippen LogP contribution in [0.1, 0.15) is 55.3 Å². The number of carbonyl (C=O) groups excluding carboxylic acids is 1. The van der Waals surface area contributed by atoms with Gasteiger partial charge in [-0.05, 0) is 31.0 Å². The molecule has 0 aromatic heterocycles. The number of anilines is 1. The number of halogens is 1. The Morgan fingerprint density at radius 2 is 1.72 bits per heavy atom. The molecular formula is C15H20ClNO. The lowest BCUT2D eigenvalue weighted by molar-refractivity contribution is 0.0898. The molecule has 0 spiro atoms. The third kappa shape index (κ3) is 3.26. The van der Waals surface area contributed by atoms with Crippen molar-refractivity contribution in [2.24, 2.45) is 5.92 Å². The van der Waals surface area contributed by atoms with E-state index in [0.29, 0.717) is 16.3 Å². The van der Waals surface area contributed by atoms with E-state index in [9.17, 15) is 4.79 Å². The zero-order valence-electron chi connectivity index (χ0n) is 10.6. The molecule has 1 fully saturated rings. The van der Waals surface area contributed by atoms with Crippen LogP contribution >= 0.6 is 11.6 Å². The Balaban J connectivity index is 2.13. The summed E-state index contributed by atoms with van der Waals surface area (Å²) in [6, 6.07) is 5.18. The number of hydrogen-bond acceptors (Lipinski definition) is 2. The Kier molecular flexibility index (Phi) is 4.65. The number of rotatable bonds is 2. The zero-order chi connectivity index (χ0) is 13.0. The first-order valence-corrected chi connectivity index (χ1v) is 7.15. The van der Waals surface area contributed by atoms with Gasteiger partial charge in [0.25, 0.3) is 0 Å². The summed E-state index contributed by atoms with van der Waals surface area (Å²) in [6.45, 7) is 0. The number of benzene rings is 1. The minimum absolute atomic E-state index is 0.145. The van der Waals surface area contributed by atoms with Gasteiger partial charge < -0.3 is 5.73 Å². The first-order valence-electron chi connectivity index (χ1n) is 6.77. The van der Waals surface area contributed by atoms with Crippen LogP contribution in [0.5, 0.6) is 0 Å². The summed E-state index contributed by atoms with van der Waals surface area (Å²) in [5.41, 5.74) is 6.90. The smallest absolute Gasteiger partial charge is 0.167 e. The molecule has 3 heteroatoms. The summed E-state index contributed by atoms with van der Waals surface area (Å²) in [6.07, 6.45) is 8.12. The van der Waals surface area contributed by atoms with Crippen LogP contribution in [0.2, 0.25) is 5.02 Å². The van der Waals surface area contributed by atoms with Crippen LogP contribution < -0.4 is 5.73 Å². The van der Waals surface area contributed by atoms with Crippen LogP contribution in [0.4, 0.5) is 5.69 Å². The maximum Gasteiger partial charge on any atom is 0.167 e. The predicted octanol–water partition coefficient (Wildman–Crippen LogP) is 4.47. The molecule has 0 amide bonds. The van der Waals surface area contributed by atoms with Crippen molar-refractivity contribution in [1.82, 2.24) is 0 Å². The molecule has 1 aliphatic carbocycles. The summed E-state index contributed by atoms with van der Waals surface area (Å²) in [5, 5.41) is 0.488. The lowest BCUT2D eigenvalue weighted by Crippen LogP contribution is -2.16. The SMILES string of the molecule is Nc1ccc(C(=O)C2CCCCCCC2)c(Cl)c1. The number of nitrogen functional groups attached to an aromatic ring is 1. The van der Waals surface area contributed by atoms with Crippen molar-refractivity contribution in [2.45, 2.75) is 44.9 Å². The number of ketones is 1. The molecule has 1 aliphatic rings. The molecule has 98 valence electrons. The van der Waals surface area contributed by atoms with Gasteiger partial charge >= 0.3 is 0 Å². The number of carbonyl (C=O) groups is 1.